The summed E-state index contributed by atoms with van der Waals surface area (Å²) in [4.78, 5) is 0. The van der Waals surface area contributed by atoms with Crippen molar-refractivity contribution in [2.45, 2.75) is 45.3 Å². The molecule has 0 aliphatic heterocycles. The van der Waals surface area contributed by atoms with Crippen molar-refractivity contribution in [3.63, 3.8) is 0 Å². The maximum atomic E-state index is 5.83. The van der Waals surface area contributed by atoms with E-state index in [1.165, 1.54) is 5.56 Å². The molecule has 19 heavy (non-hydrogen) atoms. The van der Waals surface area contributed by atoms with Crippen molar-refractivity contribution in [3.05, 3.63) is 29.8 Å². The molecule has 0 radical (unpaired) electrons. The molecule has 2 atom stereocenters. The standard InChI is InChI=1S/C16H27NO2/c1-13(17-3)5-6-15-7-9-16(10-8-15)19-14(2)11-12-18-4/h7-10,13-14,17H,5-6,11-12H2,1-4H3. The van der Waals surface area contributed by atoms with E-state index >= 15 is 0 Å². The summed E-state index contributed by atoms with van der Waals surface area (Å²) in [6.45, 7) is 5.01. The molecule has 0 fully saturated rings. The summed E-state index contributed by atoms with van der Waals surface area (Å²) < 4.78 is 10.9. The van der Waals surface area contributed by atoms with Crippen molar-refractivity contribution in [2.75, 3.05) is 20.8 Å². The van der Waals surface area contributed by atoms with E-state index in [9.17, 15) is 0 Å². The normalized spacial score (nSPS) is 14.1. The van der Waals surface area contributed by atoms with E-state index in [0.717, 1.165) is 31.6 Å². The molecule has 0 amide bonds. The number of methoxy groups -OCH3 is 1. The van der Waals surface area contributed by atoms with Gasteiger partial charge in [-0.15, -0.1) is 0 Å². The van der Waals surface area contributed by atoms with Gasteiger partial charge in [0.25, 0.3) is 0 Å². The zero-order valence-corrected chi connectivity index (χ0v) is 12.6. The topological polar surface area (TPSA) is 30.5 Å². The first-order chi connectivity index (χ1) is 9.15. The number of nitrogens with one attached hydrogen (secondary N) is 1. The van der Waals surface area contributed by atoms with Gasteiger partial charge in [-0.25, -0.2) is 0 Å². The Morgan fingerprint density at radius 2 is 1.79 bits per heavy atom. The Bertz CT molecular complexity index is 337. The number of aryl methyl sites for hydroxylation is 1. The van der Waals surface area contributed by atoms with Gasteiger partial charge in [0.2, 0.25) is 0 Å². The smallest absolute Gasteiger partial charge is 0.119 e. The van der Waals surface area contributed by atoms with E-state index in [0.29, 0.717) is 6.04 Å². The van der Waals surface area contributed by atoms with Crippen LogP contribution in [0.25, 0.3) is 0 Å². The highest BCUT2D eigenvalue weighted by molar-refractivity contribution is 5.27. The zero-order chi connectivity index (χ0) is 14.1. The number of hydrogen-bond donors (Lipinski definition) is 1. The third-order valence-corrected chi connectivity index (χ3v) is 3.35. The maximum absolute atomic E-state index is 5.83. The monoisotopic (exact) mass is 265 g/mol. The molecule has 0 saturated carbocycles. The number of ether oxygens (including phenoxy) is 2. The summed E-state index contributed by atoms with van der Waals surface area (Å²) >= 11 is 0. The van der Waals surface area contributed by atoms with E-state index in [2.05, 4.69) is 43.4 Å². The first-order valence-electron chi connectivity index (χ1n) is 7.07. The van der Waals surface area contributed by atoms with Crippen LogP contribution in [0.5, 0.6) is 5.75 Å². The van der Waals surface area contributed by atoms with E-state index < -0.39 is 0 Å². The Morgan fingerprint density at radius 1 is 1.11 bits per heavy atom. The Kier molecular flexibility index (Phi) is 7.53. The maximum Gasteiger partial charge on any atom is 0.119 e. The Balaban J connectivity index is 2.38. The van der Waals surface area contributed by atoms with Crippen LogP contribution in [0.3, 0.4) is 0 Å². The molecule has 0 aromatic heterocycles. The highest BCUT2D eigenvalue weighted by Gasteiger charge is 2.04. The van der Waals surface area contributed by atoms with Crippen molar-refractivity contribution in [1.29, 1.82) is 0 Å². The van der Waals surface area contributed by atoms with Crippen molar-refractivity contribution in [3.8, 4) is 5.75 Å². The number of rotatable bonds is 9. The predicted octanol–water partition coefficient (Wildman–Crippen LogP) is 3.03. The molecule has 1 aromatic carbocycles. The van der Waals surface area contributed by atoms with Gasteiger partial charge in [0.1, 0.15) is 5.75 Å². The molecule has 1 N–H and O–H groups in total. The van der Waals surface area contributed by atoms with Gasteiger partial charge in [-0.1, -0.05) is 12.1 Å². The van der Waals surface area contributed by atoms with Gasteiger partial charge in [-0.2, -0.15) is 0 Å². The lowest BCUT2D eigenvalue weighted by Crippen LogP contribution is -2.21. The van der Waals surface area contributed by atoms with Crippen LogP contribution >= 0.6 is 0 Å². The van der Waals surface area contributed by atoms with E-state index in [-0.39, 0.29) is 6.10 Å². The first-order valence-corrected chi connectivity index (χ1v) is 7.07. The molecular formula is C16H27NO2. The summed E-state index contributed by atoms with van der Waals surface area (Å²) in [7, 11) is 3.72. The fourth-order valence-electron chi connectivity index (χ4n) is 1.84. The zero-order valence-electron chi connectivity index (χ0n) is 12.6. The second kappa shape index (κ2) is 8.94. The molecule has 0 heterocycles. The molecule has 108 valence electrons. The van der Waals surface area contributed by atoms with Gasteiger partial charge in [0.15, 0.2) is 0 Å². The molecule has 3 nitrogen and oxygen atoms in total. The van der Waals surface area contributed by atoms with E-state index in [1.54, 1.807) is 7.11 Å². The van der Waals surface area contributed by atoms with Gasteiger partial charge in [0.05, 0.1) is 6.10 Å². The SMILES string of the molecule is CNC(C)CCc1ccc(OC(C)CCOC)cc1. The molecule has 0 bridgehead atoms. The van der Waals surface area contributed by atoms with Crippen molar-refractivity contribution in [1.82, 2.24) is 5.32 Å². The van der Waals surface area contributed by atoms with Crippen LogP contribution in [0.1, 0.15) is 32.3 Å². The lowest BCUT2D eigenvalue weighted by atomic mass is 10.1. The van der Waals surface area contributed by atoms with Crippen LogP contribution in [0.15, 0.2) is 24.3 Å². The minimum Gasteiger partial charge on any atom is -0.491 e. The van der Waals surface area contributed by atoms with Crippen LogP contribution in [-0.4, -0.2) is 32.9 Å². The largest absolute Gasteiger partial charge is 0.491 e. The van der Waals surface area contributed by atoms with Crippen LogP contribution in [-0.2, 0) is 11.2 Å². The van der Waals surface area contributed by atoms with Crippen LogP contribution in [0, 0.1) is 0 Å². The van der Waals surface area contributed by atoms with E-state index in [1.807, 2.05) is 7.05 Å². The van der Waals surface area contributed by atoms with Gasteiger partial charge < -0.3 is 14.8 Å². The third kappa shape index (κ3) is 6.60. The second-order valence-corrected chi connectivity index (χ2v) is 5.08. The van der Waals surface area contributed by atoms with Crippen molar-refractivity contribution >= 4 is 0 Å². The minimum absolute atomic E-state index is 0.190. The summed E-state index contributed by atoms with van der Waals surface area (Å²) in [5.74, 6) is 0.939. The average molecular weight is 265 g/mol. The molecule has 0 spiro atoms. The number of benzene rings is 1. The Morgan fingerprint density at radius 3 is 2.37 bits per heavy atom. The van der Waals surface area contributed by atoms with Crippen LogP contribution in [0.2, 0.25) is 0 Å². The number of hydrogen-bond acceptors (Lipinski definition) is 3. The molecule has 1 rings (SSSR count). The van der Waals surface area contributed by atoms with Crippen LogP contribution < -0.4 is 10.1 Å². The quantitative estimate of drug-likeness (QED) is 0.744. The van der Waals surface area contributed by atoms with E-state index in [4.69, 9.17) is 9.47 Å². The molecule has 1 aromatic rings. The molecule has 0 saturated heterocycles. The first kappa shape index (κ1) is 16.0. The summed E-state index contributed by atoms with van der Waals surface area (Å²) in [5.41, 5.74) is 1.36. The summed E-state index contributed by atoms with van der Waals surface area (Å²) in [5, 5.41) is 3.26. The summed E-state index contributed by atoms with van der Waals surface area (Å²) in [6, 6.07) is 8.98. The molecule has 2 unspecified atom stereocenters. The van der Waals surface area contributed by atoms with Gasteiger partial charge in [0, 0.05) is 26.2 Å². The highest BCUT2D eigenvalue weighted by Crippen LogP contribution is 2.16. The molecular weight excluding hydrogens is 238 g/mol. The van der Waals surface area contributed by atoms with Gasteiger partial charge >= 0.3 is 0 Å². The molecule has 0 aliphatic rings. The average Bonchev–Trinajstić information content (AvgIpc) is 2.44. The summed E-state index contributed by atoms with van der Waals surface area (Å²) in [6.07, 6.45) is 3.36. The lowest BCUT2D eigenvalue weighted by molar-refractivity contribution is 0.135. The van der Waals surface area contributed by atoms with Crippen LogP contribution in [0.4, 0.5) is 0 Å². The Labute approximate surface area is 117 Å². The predicted molar refractivity (Wildman–Crippen MR) is 79.9 cm³/mol. The molecule has 0 aliphatic carbocycles. The fourth-order valence-corrected chi connectivity index (χ4v) is 1.84. The lowest BCUT2D eigenvalue weighted by Gasteiger charge is -2.15. The molecule has 3 heteroatoms. The third-order valence-electron chi connectivity index (χ3n) is 3.35. The van der Waals surface area contributed by atoms with Gasteiger partial charge in [-0.3, -0.25) is 0 Å². The van der Waals surface area contributed by atoms with Gasteiger partial charge in [-0.05, 0) is 51.4 Å². The second-order valence-electron chi connectivity index (χ2n) is 5.08. The van der Waals surface area contributed by atoms with Crippen molar-refractivity contribution in [2.24, 2.45) is 0 Å². The minimum atomic E-state index is 0.190. The fraction of sp³-hybridized carbons (Fsp3) is 0.625. The highest BCUT2D eigenvalue weighted by atomic mass is 16.5. The Hall–Kier alpha value is -1.06. The van der Waals surface area contributed by atoms with Crippen molar-refractivity contribution < 1.29 is 9.47 Å².